The summed E-state index contributed by atoms with van der Waals surface area (Å²) in [7, 11) is 1.91. The van der Waals surface area contributed by atoms with E-state index < -0.39 is 5.82 Å². The third-order valence-corrected chi connectivity index (χ3v) is 3.77. The van der Waals surface area contributed by atoms with E-state index in [0.29, 0.717) is 5.56 Å². The molecule has 1 atom stereocenters. The Morgan fingerprint density at radius 3 is 3.15 bits per heavy atom. The average Bonchev–Trinajstić information content (AvgIpc) is 2.82. The van der Waals surface area contributed by atoms with Crippen molar-refractivity contribution in [1.29, 1.82) is 0 Å². The van der Waals surface area contributed by atoms with Gasteiger partial charge in [-0.25, -0.2) is 4.39 Å². The van der Waals surface area contributed by atoms with Crippen molar-refractivity contribution in [2.45, 2.75) is 25.3 Å². The van der Waals surface area contributed by atoms with E-state index in [9.17, 15) is 9.18 Å². The van der Waals surface area contributed by atoms with Crippen LogP contribution < -0.4 is 5.32 Å². The number of rotatable bonds is 2. The topological polar surface area (TPSA) is 46.9 Å². The van der Waals surface area contributed by atoms with Crippen LogP contribution in [0.5, 0.6) is 0 Å². The van der Waals surface area contributed by atoms with Crippen LogP contribution in [0.4, 0.5) is 4.39 Å². The summed E-state index contributed by atoms with van der Waals surface area (Å²) in [6.45, 7) is 0. The lowest BCUT2D eigenvalue weighted by Crippen LogP contribution is -2.31. The van der Waals surface area contributed by atoms with E-state index in [1.807, 2.05) is 17.9 Å². The van der Waals surface area contributed by atoms with Gasteiger partial charge in [0.2, 0.25) is 0 Å². The fraction of sp³-hybridized carbons (Fsp3) is 0.333. The highest BCUT2D eigenvalue weighted by Crippen LogP contribution is 2.29. The summed E-state index contributed by atoms with van der Waals surface area (Å²) in [6.07, 6.45) is 4.70. The molecule has 0 bridgehead atoms. The lowest BCUT2D eigenvalue weighted by Gasteiger charge is -2.23. The van der Waals surface area contributed by atoms with Crippen molar-refractivity contribution < 1.29 is 9.18 Å². The van der Waals surface area contributed by atoms with Gasteiger partial charge in [-0.05, 0) is 37.5 Å². The Kier molecular flexibility index (Phi) is 3.26. The third-order valence-electron chi connectivity index (χ3n) is 3.77. The van der Waals surface area contributed by atoms with Crippen molar-refractivity contribution >= 4 is 5.91 Å². The summed E-state index contributed by atoms with van der Waals surface area (Å²) in [5.41, 5.74) is 2.59. The fourth-order valence-electron chi connectivity index (χ4n) is 2.73. The minimum Gasteiger partial charge on any atom is -0.345 e. The Labute approximate surface area is 116 Å². The minimum absolute atomic E-state index is 0.0387. The van der Waals surface area contributed by atoms with Crippen LogP contribution in [0.2, 0.25) is 0 Å². The van der Waals surface area contributed by atoms with Gasteiger partial charge in [0.15, 0.2) is 0 Å². The average molecular weight is 273 g/mol. The number of carbonyl (C=O) groups is 1. The molecule has 0 spiro atoms. The molecule has 2 aromatic rings. The maximum Gasteiger partial charge on any atom is 0.251 e. The molecule has 4 nitrogen and oxygen atoms in total. The summed E-state index contributed by atoms with van der Waals surface area (Å²) in [5, 5.41) is 7.22. The van der Waals surface area contributed by atoms with Crippen molar-refractivity contribution in [2.75, 3.05) is 0 Å². The van der Waals surface area contributed by atoms with Gasteiger partial charge in [-0.3, -0.25) is 9.48 Å². The number of aromatic nitrogens is 2. The number of hydrogen-bond acceptors (Lipinski definition) is 2. The summed E-state index contributed by atoms with van der Waals surface area (Å²) >= 11 is 0. The molecule has 0 fully saturated rings. The Morgan fingerprint density at radius 2 is 2.35 bits per heavy atom. The lowest BCUT2D eigenvalue weighted by atomic mass is 9.93. The lowest BCUT2D eigenvalue weighted by molar-refractivity contribution is 0.0932. The Bertz CT molecular complexity index is 650. The van der Waals surface area contributed by atoms with Gasteiger partial charge < -0.3 is 5.32 Å². The molecule has 20 heavy (non-hydrogen) atoms. The number of hydrogen-bond donors (Lipinski definition) is 1. The van der Waals surface area contributed by atoms with Gasteiger partial charge in [-0.2, -0.15) is 5.10 Å². The van der Waals surface area contributed by atoms with Crippen LogP contribution >= 0.6 is 0 Å². The molecule has 1 N–H and O–H groups in total. The molecule has 0 unspecified atom stereocenters. The molecule has 1 aliphatic rings. The highest BCUT2D eigenvalue weighted by Gasteiger charge is 2.25. The molecule has 0 saturated carbocycles. The van der Waals surface area contributed by atoms with Gasteiger partial charge in [0, 0.05) is 23.9 Å². The summed E-state index contributed by atoms with van der Waals surface area (Å²) in [5.74, 6) is -0.644. The van der Waals surface area contributed by atoms with Crippen molar-refractivity contribution in [3.63, 3.8) is 0 Å². The van der Waals surface area contributed by atoms with Crippen LogP contribution in [-0.4, -0.2) is 15.7 Å². The SMILES string of the molecule is Cn1ncc2c1CCC[C@@H]2NC(=O)c1cccc(F)c1. The highest BCUT2D eigenvalue weighted by atomic mass is 19.1. The molecule has 1 aromatic carbocycles. The summed E-state index contributed by atoms with van der Waals surface area (Å²) in [6, 6.07) is 5.70. The number of benzene rings is 1. The molecule has 1 aromatic heterocycles. The smallest absolute Gasteiger partial charge is 0.251 e. The molecule has 1 amide bonds. The number of carbonyl (C=O) groups excluding carboxylic acids is 1. The second kappa shape index (κ2) is 5.07. The first-order valence-corrected chi connectivity index (χ1v) is 6.72. The molecular formula is C15H16FN3O. The van der Waals surface area contributed by atoms with E-state index in [-0.39, 0.29) is 11.9 Å². The zero-order valence-electron chi connectivity index (χ0n) is 11.3. The van der Waals surface area contributed by atoms with Crippen LogP contribution in [0, 0.1) is 5.82 Å². The molecule has 0 radical (unpaired) electrons. The molecular weight excluding hydrogens is 257 g/mol. The largest absolute Gasteiger partial charge is 0.345 e. The van der Waals surface area contributed by atoms with E-state index in [4.69, 9.17) is 0 Å². The Hall–Kier alpha value is -2.17. The van der Waals surface area contributed by atoms with Crippen LogP contribution in [0.3, 0.4) is 0 Å². The van der Waals surface area contributed by atoms with Crippen LogP contribution in [0.25, 0.3) is 0 Å². The maximum atomic E-state index is 13.2. The van der Waals surface area contributed by atoms with E-state index in [1.165, 1.54) is 17.8 Å². The summed E-state index contributed by atoms with van der Waals surface area (Å²) < 4.78 is 15.0. The monoisotopic (exact) mass is 273 g/mol. The first-order chi connectivity index (χ1) is 9.65. The molecule has 1 aliphatic carbocycles. The zero-order valence-corrected chi connectivity index (χ0v) is 11.3. The van der Waals surface area contributed by atoms with E-state index in [1.54, 1.807) is 12.1 Å². The minimum atomic E-state index is -0.400. The van der Waals surface area contributed by atoms with Crippen molar-refractivity contribution in [3.05, 3.63) is 53.1 Å². The molecule has 3 rings (SSSR count). The second-order valence-electron chi connectivity index (χ2n) is 5.10. The van der Waals surface area contributed by atoms with Gasteiger partial charge in [-0.15, -0.1) is 0 Å². The summed E-state index contributed by atoms with van der Waals surface area (Å²) in [4.78, 5) is 12.2. The number of amides is 1. The van der Waals surface area contributed by atoms with E-state index in [2.05, 4.69) is 10.4 Å². The highest BCUT2D eigenvalue weighted by molar-refractivity contribution is 5.94. The Balaban J connectivity index is 1.80. The molecule has 104 valence electrons. The number of nitrogens with zero attached hydrogens (tertiary/aromatic N) is 2. The quantitative estimate of drug-likeness (QED) is 0.913. The van der Waals surface area contributed by atoms with Crippen molar-refractivity contribution in [3.8, 4) is 0 Å². The first kappa shape index (κ1) is 12.8. The molecule has 5 heteroatoms. The van der Waals surface area contributed by atoms with Crippen LogP contribution in [0.1, 0.15) is 40.5 Å². The van der Waals surface area contributed by atoms with E-state index >= 15 is 0 Å². The standard InChI is InChI=1S/C15H16FN3O/c1-19-14-7-3-6-13(12(14)9-17-19)18-15(20)10-4-2-5-11(16)8-10/h2,4-5,8-9,13H,3,6-7H2,1H3,(H,18,20)/t13-/m0/s1. The maximum absolute atomic E-state index is 13.2. The number of halogens is 1. The molecule has 0 aliphatic heterocycles. The Morgan fingerprint density at radius 1 is 1.50 bits per heavy atom. The predicted molar refractivity (Wildman–Crippen MR) is 72.8 cm³/mol. The zero-order chi connectivity index (χ0) is 14.1. The van der Waals surface area contributed by atoms with Gasteiger partial charge >= 0.3 is 0 Å². The predicted octanol–water partition coefficient (Wildman–Crippen LogP) is 2.37. The van der Waals surface area contributed by atoms with Crippen LogP contribution in [0.15, 0.2) is 30.5 Å². The second-order valence-corrected chi connectivity index (χ2v) is 5.10. The molecule has 1 heterocycles. The molecule has 0 saturated heterocycles. The number of nitrogens with one attached hydrogen (secondary N) is 1. The number of aryl methyl sites for hydroxylation is 1. The van der Waals surface area contributed by atoms with Gasteiger partial charge in [-0.1, -0.05) is 6.07 Å². The van der Waals surface area contributed by atoms with Gasteiger partial charge in [0.1, 0.15) is 5.82 Å². The van der Waals surface area contributed by atoms with Gasteiger partial charge in [0.25, 0.3) is 5.91 Å². The van der Waals surface area contributed by atoms with Gasteiger partial charge in [0.05, 0.1) is 12.2 Å². The van der Waals surface area contributed by atoms with Crippen LogP contribution in [-0.2, 0) is 13.5 Å². The first-order valence-electron chi connectivity index (χ1n) is 6.72. The fourth-order valence-corrected chi connectivity index (χ4v) is 2.73. The third kappa shape index (κ3) is 2.31. The number of fused-ring (bicyclic) bond motifs is 1. The van der Waals surface area contributed by atoms with E-state index in [0.717, 1.165) is 24.8 Å². The normalized spacial score (nSPS) is 17.6. The van der Waals surface area contributed by atoms with Crippen molar-refractivity contribution in [1.82, 2.24) is 15.1 Å². The van der Waals surface area contributed by atoms with Crippen molar-refractivity contribution in [2.24, 2.45) is 7.05 Å².